The zero-order valence-electron chi connectivity index (χ0n) is 12.3. The Morgan fingerprint density at radius 1 is 1.38 bits per heavy atom. The highest BCUT2D eigenvalue weighted by atomic mass is 16.4. The minimum atomic E-state index is -0.958. The van der Waals surface area contributed by atoms with Crippen LogP contribution in [0, 0.1) is 13.8 Å². The van der Waals surface area contributed by atoms with E-state index in [-0.39, 0.29) is 5.56 Å². The number of nitrogens with zero attached hydrogens (tertiary/aromatic N) is 2. The van der Waals surface area contributed by atoms with Crippen molar-refractivity contribution in [3.05, 3.63) is 41.2 Å². The van der Waals surface area contributed by atoms with E-state index in [1.807, 2.05) is 24.6 Å². The fraction of sp³-hybridized carbons (Fsp3) is 0.333. The molecular weight excluding hydrogens is 268 g/mol. The summed E-state index contributed by atoms with van der Waals surface area (Å²) >= 11 is 0. The molecule has 2 rings (SSSR count). The zero-order valence-corrected chi connectivity index (χ0v) is 12.3. The van der Waals surface area contributed by atoms with Crippen LogP contribution in [0.25, 0.3) is 0 Å². The average molecular weight is 288 g/mol. The van der Waals surface area contributed by atoms with Crippen molar-refractivity contribution in [3.8, 4) is 0 Å². The Morgan fingerprint density at radius 3 is 2.76 bits per heavy atom. The van der Waals surface area contributed by atoms with E-state index in [0.717, 1.165) is 24.4 Å². The number of carbonyl (C=O) groups is 1. The van der Waals surface area contributed by atoms with Crippen molar-refractivity contribution < 1.29 is 9.90 Å². The summed E-state index contributed by atoms with van der Waals surface area (Å²) in [5.74, 6) is -0.958. The van der Waals surface area contributed by atoms with E-state index < -0.39 is 5.97 Å². The maximum Gasteiger partial charge on any atom is 0.335 e. The molecule has 0 aliphatic heterocycles. The monoisotopic (exact) mass is 288 g/mol. The first kappa shape index (κ1) is 14.9. The number of aryl methyl sites for hydroxylation is 3. The van der Waals surface area contributed by atoms with E-state index in [9.17, 15) is 4.79 Å². The van der Waals surface area contributed by atoms with Gasteiger partial charge in [-0.05, 0) is 44.5 Å². The van der Waals surface area contributed by atoms with E-state index in [0.29, 0.717) is 17.9 Å². The molecule has 112 valence electrons. The predicted octanol–water partition coefficient (Wildman–Crippen LogP) is 2.28. The van der Waals surface area contributed by atoms with Gasteiger partial charge < -0.3 is 16.2 Å². The Labute approximate surface area is 123 Å². The van der Waals surface area contributed by atoms with Crippen LogP contribution in [0.3, 0.4) is 0 Å². The Kier molecular flexibility index (Phi) is 4.47. The standard InChI is InChI=1S/C15H20N4O2/c1-10-8-11(2)19(18-10)7-3-6-17-14-9-12(15(20)21)4-5-13(14)16/h4-5,8-9,17H,3,6-7,16H2,1-2H3,(H,20,21). The highest BCUT2D eigenvalue weighted by Gasteiger charge is 2.06. The van der Waals surface area contributed by atoms with Crippen LogP contribution < -0.4 is 11.1 Å². The highest BCUT2D eigenvalue weighted by Crippen LogP contribution is 2.20. The number of hydrogen-bond acceptors (Lipinski definition) is 4. The van der Waals surface area contributed by atoms with E-state index in [1.165, 1.54) is 6.07 Å². The first-order valence-electron chi connectivity index (χ1n) is 6.85. The smallest absolute Gasteiger partial charge is 0.335 e. The number of nitrogen functional groups attached to an aromatic ring is 1. The molecule has 6 nitrogen and oxygen atoms in total. The molecule has 0 spiro atoms. The van der Waals surface area contributed by atoms with Crippen molar-refractivity contribution >= 4 is 17.3 Å². The van der Waals surface area contributed by atoms with Gasteiger partial charge in [0.15, 0.2) is 0 Å². The third-order valence-corrected chi connectivity index (χ3v) is 3.27. The molecule has 0 saturated heterocycles. The van der Waals surface area contributed by atoms with Crippen LogP contribution in [0.5, 0.6) is 0 Å². The molecular formula is C15H20N4O2. The number of aromatic carboxylic acids is 1. The summed E-state index contributed by atoms with van der Waals surface area (Å²) in [5, 5.41) is 16.5. The van der Waals surface area contributed by atoms with Gasteiger partial charge in [0.05, 0.1) is 22.6 Å². The molecule has 0 aliphatic carbocycles. The fourth-order valence-corrected chi connectivity index (χ4v) is 2.20. The quantitative estimate of drug-likeness (QED) is 0.560. The number of anilines is 2. The Balaban J connectivity index is 1.90. The summed E-state index contributed by atoms with van der Waals surface area (Å²) in [5.41, 5.74) is 9.42. The number of hydrogen-bond donors (Lipinski definition) is 3. The van der Waals surface area contributed by atoms with E-state index in [2.05, 4.69) is 10.4 Å². The molecule has 0 atom stereocenters. The van der Waals surface area contributed by atoms with Crippen LogP contribution in [0.4, 0.5) is 11.4 Å². The first-order valence-corrected chi connectivity index (χ1v) is 6.85. The van der Waals surface area contributed by atoms with Gasteiger partial charge in [-0.15, -0.1) is 0 Å². The van der Waals surface area contributed by atoms with E-state index in [4.69, 9.17) is 10.8 Å². The molecule has 0 bridgehead atoms. The van der Waals surface area contributed by atoms with Crippen molar-refractivity contribution in [2.24, 2.45) is 0 Å². The number of carboxylic acid groups (broad SMARTS) is 1. The van der Waals surface area contributed by atoms with Crippen molar-refractivity contribution in [1.29, 1.82) is 0 Å². The van der Waals surface area contributed by atoms with Gasteiger partial charge in [-0.2, -0.15) is 5.10 Å². The molecule has 1 aromatic heterocycles. The summed E-state index contributed by atoms with van der Waals surface area (Å²) < 4.78 is 1.97. The fourth-order valence-electron chi connectivity index (χ4n) is 2.20. The number of nitrogens with one attached hydrogen (secondary N) is 1. The largest absolute Gasteiger partial charge is 0.478 e. The third kappa shape index (κ3) is 3.75. The summed E-state index contributed by atoms with van der Waals surface area (Å²) in [6, 6.07) is 6.70. The molecule has 0 amide bonds. The molecule has 2 aromatic rings. The lowest BCUT2D eigenvalue weighted by atomic mass is 10.1. The van der Waals surface area contributed by atoms with Crippen LogP contribution >= 0.6 is 0 Å². The second-order valence-electron chi connectivity index (χ2n) is 5.04. The maximum atomic E-state index is 10.9. The van der Waals surface area contributed by atoms with Gasteiger partial charge in [0.2, 0.25) is 0 Å². The Bertz CT molecular complexity index is 649. The molecule has 0 unspecified atom stereocenters. The predicted molar refractivity (Wildman–Crippen MR) is 82.6 cm³/mol. The van der Waals surface area contributed by atoms with Gasteiger partial charge in [0.25, 0.3) is 0 Å². The minimum Gasteiger partial charge on any atom is -0.478 e. The van der Waals surface area contributed by atoms with Crippen molar-refractivity contribution in [2.75, 3.05) is 17.6 Å². The topological polar surface area (TPSA) is 93.2 Å². The second kappa shape index (κ2) is 6.30. The lowest BCUT2D eigenvalue weighted by molar-refractivity contribution is 0.0697. The molecule has 0 saturated carbocycles. The Morgan fingerprint density at radius 2 is 2.14 bits per heavy atom. The lowest BCUT2D eigenvalue weighted by Crippen LogP contribution is -2.10. The Hall–Kier alpha value is -2.50. The molecule has 1 aromatic carbocycles. The number of carboxylic acids is 1. The number of nitrogens with two attached hydrogens (primary N) is 1. The van der Waals surface area contributed by atoms with Gasteiger partial charge in [0.1, 0.15) is 0 Å². The van der Waals surface area contributed by atoms with Crippen LogP contribution in [0.2, 0.25) is 0 Å². The molecule has 0 fully saturated rings. The van der Waals surface area contributed by atoms with Crippen molar-refractivity contribution in [1.82, 2.24) is 9.78 Å². The highest BCUT2D eigenvalue weighted by molar-refractivity contribution is 5.90. The van der Waals surface area contributed by atoms with Crippen LogP contribution in [0.15, 0.2) is 24.3 Å². The minimum absolute atomic E-state index is 0.227. The van der Waals surface area contributed by atoms with Crippen LogP contribution in [-0.2, 0) is 6.54 Å². The maximum absolute atomic E-state index is 10.9. The SMILES string of the molecule is Cc1cc(C)n(CCCNc2cc(C(=O)O)ccc2N)n1. The number of aromatic nitrogens is 2. The molecule has 4 N–H and O–H groups in total. The first-order chi connectivity index (χ1) is 9.97. The van der Waals surface area contributed by atoms with Crippen LogP contribution in [0.1, 0.15) is 28.2 Å². The molecule has 1 heterocycles. The van der Waals surface area contributed by atoms with Crippen molar-refractivity contribution in [3.63, 3.8) is 0 Å². The third-order valence-electron chi connectivity index (χ3n) is 3.27. The molecule has 0 aliphatic rings. The van der Waals surface area contributed by atoms with Gasteiger partial charge in [-0.3, -0.25) is 4.68 Å². The van der Waals surface area contributed by atoms with Crippen LogP contribution in [-0.4, -0.2) is 27.4 Å². The summed E-state index contributed by atoms with van der Waals surface area (Å²) in [4.78, 5) is 10.9. The normalized spacial score (nSPS) is 10.6. The van der Waals surface area contributed by atoms with E-state index in [1.54, 1.807) is 12.1 Å². The molecule has 21 heavy (non-hydrogen) atoms. The summed E-state index contributed by atoms with van der Waals surface area (Å²) in [7, 11) is 0. The molecule has 6 heteroatoms. The average Bonchev–Trinajstić information content (AvgIpc) is 2.74. The van der Waals surface area contributed by atoms with Gasteiger partial charge in [-0.1, -0.05) is 0 Å². The van der Waals surface area contributed by atoms with Gasteiger partial charge in [-0.25, -0.2) is 4.79 Å². The van der Waals surface area contributed by atoms with Gasteiger partial charge >= 0.3 is 5.97 Å². The molecule has 0 radical (unpaired) electrons. The van der Waals surface area contributed by atoms with Gasteiger partial charge in [0, 0.05) is 18.8 Å². The summed E-state index contributed by atoms with van der Waals surface area (Å²) in [6.07, 6.45) is 0.874. The number of rotatable bonds is 6. The zero-order chi connectivity index (χ0) is 15.4. The van der Waals surface area contributed by atoms with Crippen molar-refractivity contribution in [2.45, 2.75) is 26.8 Å². The van der Waals surface area contributed by atoms with E-state index >= 15 is 0 Å². The summed E-state index contributed by atoms with van der Waals surface area (Å²) in [6.45, 7) is 5.51. The lowest BCUT2D eigenvalue weighted by Gasteiger charge is -2.10. The number of benzene rings is 1. The second-order valence-corrected chi connectivity index (χ2v) is 5.04.